The monoisotopic (exact) mass is 225 g/mol. The largest absolute Gasteiger partial charge is 0.507 e. The van der Waals surface area contributed by atoms with Gasteiger partial charge in [0.1, 0.15) is 11.5 Å². The number of phenols is 1. The lowest BCUT2D eigenvalue weighted by molar-refractivity contribution is 0.162. The van der Waals surface area contributed by atoms with Crippen molar-refractivity contribution in [3.05, 3.63) is 23.8 Å². The molecule has 86 valence electrons. The summed E-state index contributed by atoms with van der Waals surface area (Å²) < 4.78 is 4.89. The normalized spacial score (nSPS) is 10.1. The number of hydrogen-bond acceptors (Lipinski definition) is 5. The summed E-state index contributed by atoms with van der Waals surface area (Å²) >= 11 is 0. The highest BCUT2D eigenvalue weighted by atomic mass is 16.5. The molecular weight excluding hydrogens is 214 g/mol. The van der Waals surface area contributed by atoms with Gasteiger partial charge in [0, 0.05) is 11.6 Å². The molecule has 0 saturated heterocycles. The number of carbonyl (C=O) groups excluding carboxylic acids is 1. The molecule has 0 atom stereocenters. The number of benzene rings is 1. The Labute approximate surface area is 91.3 Å². The van der Waals surface area contributed by atoms with Crippen molar-refractivity contribution >= 4 is 12.2 Å². The average molecular weight is 225 g/mol. The van der Waals surface area contributed by atoms with Crippen molar-refractivity contribution in [1.82, 2.24) is 10.9 Å². The second kappa shape index (κ2) is 5.56. The van der Waals surface area contributed by atoms with Crippen LogP contribution in [0.4, 0.5) is 4.79 Å². The number of hydrogen-bond donors (Lipinski definition) is 4. The van der Waals surface area contributed by atoms with Crippen LogP contribution in [0.3, 0.4) is 0 Å². The molecule has 1 rings (SSSR count). The van der Waals surface area contributed by atoms with E-state index in [0.717, 1.165) is 0 Å². The summed E-state index contributed by atoms with van der Waals surface area (Å²) in [6.45, 7) is 0. The summed E-state index contributed by atoms with van der Waals surface area (Å²) in [4.78, 5) is 10.5. The van der Waals surface area contributed by atoms with Crippen LogP contribution in [0, 0.1) is 0 Å². The molecule has 1 aromatic rings. The molecule has 0 aliphatic heterocycles. The van der Waals surface area contributed by atoms with Crippen LogP contribution in [0.2, 0.25) is 0 Å². The molecule has 7 nitrogen and oxygen atoms in total. The van der Waals surface area contributed by atoms with Crippen LogP contribution in [0.15, 0.2) is 23.3 Å². The lowest BCUT2D eigenvalue weighted by atomic mass is 10.2. The maximum Gasteiger partial charge on any atom is 0.358 e. The molecule has 4 N–H and O–H groups in total. The quantitative estimate of drug-likeness (QED) is 0.340. The first-order chi connectivity index (χ1) is 7.67. The van der Waals surface area contributed by atoms with Gasteiger partial charge in [-0.1, -0.05) is 0 Å². The molecule has 0 unspecified atom stereocenters. The van der Waals surface area contributed by atoms with Crippen molar-refractivity contribution in [3.8, 4) is 11.5 Å². The van der Waals surface area contributed by atoms with Crippen LogP contribution in [0.25, 0.3) is 0 Å². The molecule has 0 fully saturated rings. The highest BCUT2D eigenvalue weighted by Crippen LogP contribution is 2.21. The summed E-state index contributed by atoms with van der Waals surface area (Å²) in [5, 5.41) is 21.1. The lowest BCUT2D eigenvalue weighted by Gasteiger charge is -2.02. The van der Waals surface area contributed by atoms with E-state index in [9.17, 15) is 9.90 Å². The third-order valence-electron chi connectivity index (χ3n) is 1.71. The first-order valence-electron chi connectivity index (χ1n) is 4.27. The molecule has 0 aliphatic carbocycles. The Bertz CT molecular complexity index is 406. The smallest absolute Gasteiger partial charge is 0.358 e. The van der Waals surface area contributed by atoms with E-state index in [0.29, 0.717) is 11.3 Å². The minimum atomic E-state index is -0.871. The van der Waals surface area contributed by atoms with E-state index in [1.165, 1.54) is 24.9 Å². The summed E-state index contributed by atoms with van der Waals surface area (Å²) in [5.41, 5.74) is 3.70. The molecule has 0 spiro atoms. The number of rotatable bonds is 3. The predicted molar refractivity (Wildman–Crippen MR) is 55.7 cm³/mol. The minimum Gasteiger partial charge on any atom is -0.507 e. The van der Waals surface area contributed by atoms with Crippen LogP contribution < -0.4 is 15.6 Å². The molecule has 0 radical (unpaired) electrons. The van der Waals surface area contributed by atoms with E-state index < -0.39 is 6.03 Å². The van der Waals surface area contributed by atoms with Gasteiger partial charge in [0.15, 0.2) is 0 Å². The summed E-state index contributed by atoms with van der Waals surface area (Å²) in [7, 11) is 1.48. The zero-order valence-electron chi connectivity index (χ0n) is 8.47. The number of ether oxygens (including phenoxy) is 1. The minimum absolute atomic E-state index is 0.0330. The molecular formula is C9H11N3O4. The average Bonchev–Trinajstić information content (AvgIpc) is 2.30. The van der Waals surface area contributed by atoms with Gasteiger partial charge in [-0.3, -0.25) is 5.21 Å². The Morgan fingerprint density at radius 3 is 2.88 bits per heavy atom. The number of amides is 2. The van der Waals surface area contributed by atoms with Crippen molar-refractivity contribution in [3.63, 3.8) is 0 Å². The van der Waals surface area contributed by atoms with Crippen LogP contribution in [-0.4, -0.2) is 29.7 Å². The van der Waals surface area contributed by atoms with Crippen molar-refractivity contribution < 1.29 is 19.8 Å². The third kappa shape index (κ3) is 3.14. The molecule has 0 heterocycles. The van der Waals surface area contributed by atoms with Gasteiger partial charge >= 0.3 is 6.03 Å². The molecule has 7 heteroatoms. The molecule has 0 saturated carbocycles. The van der Waals surface area contributed by atoms with E-state index in [-0.39, 0.29) is 5.75 Å². The van der Waals surface area contributed by atoms with Gasteiger partial charge in [0.25, 0.3) is 0 Å². The predicted octanol–water partition coefficient (Wildman–Crippen LogP) is 0.423. The zero-order chi connectivity index (χ0) is 12.0. The number of nitrogens with one attached hydrogen (secondary N) is 2. The van der Waals surface area contributed by atoms with Crippen molar-refractivity contribution in [2.24, 2.45) is 5.10 Å². The lowest BCUT2D eigenvalue weighted by Crippen LogP contribution is -2.29. The summed E-state index contributed by atoms with van der Waals surface area (Å²) in [6, 6.07) is 3.74. The summed E-state index contributed by atoms with van der Waals surface area (Å²) in [5.74, 6) is 0.477. The Kier molecular flexibility index (Phi) is 4.10. The number of aromatic hydroxyl groups is 1. The Hall–Kier alpha value is -2.28. The Morgan fingerprint density at radius 1 is 1.56 bits per heavy atom. The van der Waals surface area contributed by atoms with Crippen LogP contribution in [0.5, 0.6) is 11.5 Å². The van der Waals surface area contributed by atoms with E-state index >= 15 is 0 Å². The van der Waals surface area contributed by atoms with Crippen molar-refractivity contribution in [1.29, 1.82) is 0 Å². The van der Waals surface area contributed by atoms with E-state index in [2.05, 4.69) is 5.10 Å². The standard InChI is InChI=1S/C9H11N3O4/c1-16-7-3-2-6(8(13)4-7)5-10-11-9(14)12-15/h2-5,13,15H,1H3,(H2,11,12,14)/b10-5+. The topological polar surface area (TPSA) is 103 Å². The Balaban J connectivity index is 2.70. The zero-order valence-corrected chi connectivity index (χ0v) is 8.47. The van der Waals surface area contributed by atoms with Crippen molar-refractivity contribution in [2.75, 3.05) is 7.11 Å². The van der Waals surface area contributed by atoms with E-state index in [1.807, 2.05) is 5.43 Å². The first-order valence-corrected chi connectivity index (χ1v) is 4.27. The molecule has 1 aromatic carbocycles. The Morgan fingerprint density at radius 2 is 2.31 bits per heavy atom. The fourth-order valence-electron chi connectivity index (χ4n) is 0.945. The number of nitrogens with zero attached hydrogens (tertiary/aromatic N) is 1. The van der Waals surface area contributed by atoms with Gasteiger partial charge in [0.05, 0.1) is 13.3 Å². The van der Waals surface area contributed by atoms with Gasteiger partial charge in [0.2, 0.25) is 0 Å². The molecule has 2 amide bonds. The van der Waals surface area contributed by atoms with Crippen molar-refractivity contribution in [2.45, 2.75) is 0 Å². The second-order valence-corrected chi connectivity index (χ2v) is 2.74. The number of urea groups is 1. The molecule has 0 bridgehead atoms. The number of hydroxylamine groups is 1. The van der Waals surface area contributed by atoms with Gasteiger partial charge < -0.3 is 9.84 Å². The molecule has 0 aromatic heterocycles. The molecule has 16 heavy (non-hydrogen) atoms. The number of carbonyl (C=O) groups is 1. The van der Waals surface area contributed by atoms with Crippen LogP contribution in [-0.2, 0) is 0 Å². The fraction of sp³-hybridized carbons (Fsp3) is 0.111. The maximum atomic E-state index is 10.5. The number of hydrazone groups is 1. The van der Waals surface area contributed by atoms with Crippen LogP contribution >= 0.6 is 0 Å². The third-order valence-corrected chi connectivity index (χ3v) is 1.71. The highest BCUT2D eigenvalue weighted by molar-refractivity contribution is 5.84. The van der Waals surface area contributed by atoms with Gasteiger partial charge in [-0.05, 0) is 12.1 Å². The highest BCUT2D eigenvalue weighted by Gasteiger charge is 2.00. The van der Waals surface area contributed by atoms with E-state index in [1.54, 1.807) is 12.1 Å². The van der Waals surface area contributed by atoms with Crippen LogP contribution in [0.1, 0.15) is 5.56 Å². The van der Waals surface area contributed by atoms with Gasteiger partial charge in [-0.25, -0.2) is 15.7 Å². The van der Waals surface area contributed by atoms with E-state index in [4.69, 9.17) is 9.94 Å². The summed E-state index contributed by atoms with van der Waals surface area (Å²) in [6.07, 6.45) is 1.23. The number of methoxy groups -OCH3 is 1. The molecule has 0 aliphatic rings. The maximum absolute atomic E-state index is 10.5. The number of phenolic OH excluding ortho intramolecular Hbond substituents is 1. The SMILES string of the molecule is COc1ccc(/C=N/NC(=O)NO)c(O)c1. The fourth-order valence-corrected chi connectivity index (χ4v) is 0.945. The second-order valence-electron chi connectivity index (χ2n) is 2.74. The first kappa shape index (κ1) is 11.8. The van der Waals surface area contributed by atoms with Gasteiger partial charge in [-0.15, -0.1) is 0 Å². The van der Waals surface area contributed by atoms with Gasteiger partial charge in [-0.2, -0.15) is 5.10 Å².